The minimum Gasteiger partial charge on any atom is -0.293 e. The van der Waals surface area contributed by atoms with E-state index in [4.69, 9.17) is 0 Å². The van der Waals surface area contributed by atoms with Gasteiger partial charge in [-0.3, -0.25) is 4.90 Å². The standard InChI is InChI=1S/C26H33FN4O2S/c1-18(2)16-29-11-12-30(34(32,33)23-5-4-6-23)17-26(29)24-14-20-15-28-31(25(20)13-19(24)3)22-9-7-21(27)8-10-22/h7-10,13-15,18,23,26H,4-6,11-12,16-17H2,1-3H3/t26-/m1/s1. The number of hydrogen-bond acceptors (Lipinski definition) is 4. The number of hydrogen-bond donors (Lipinski definition) is 0. The summed E-state index contributed by atoms with van der Waals surface area (Å²) in [4.78, 5) is 2.44. The van der Waals surface area contributed by atoms with E-state index >= 15 is 0 Å². The molecule has 2 fully saturated rings. The lowest BCUT2D eigenvalue weighted by atomic mass is 9.96. The van der Waals surface area contributed by atoms with Crippen LogP contribution in [0.5, 0.6) is 0 Å². The molecule has 0 bridgehead atoms. The summed E-state index contributed by atoms with van der Waals surface area (Å²) < 4.78 is 43.4. The molecule has 0 radical (unpaired) electrons. The average molecular weight is 485 g/mol. The van der Waals surface area contributed by atoms with Crippen molar-refractivity contribution in [3.8, 4) is 5.69 Å². The van der Waals surface area contributed by atoms with E-state index in [1.165, 1.54) is 12.1 Å². The van der Waals surface area contributed by atoms with E-state index in [9.17, 15) is 12.8 Å². The Balaban J connectivity index is 1.51. The molecule has 1 saturated carbocycles. The second-order valence-corrected chi connectivity index (χ2v) is 12.4. The first-order valence-corrected chi connectivity index (χ1v) is 13.7. The molecule has 34 heavy (non-hydrogen) atoms. The zero-order valence-electron chi connectivity index (χ0n) is 20.1. The summed E-state index contributed by atoms with van der Waals surface area (Å²) in [6, 6.07) is 10.6. The molecule has 1 saturated heterocycles. The van der Waals surface area contributed by atoms with Crippen molar-refractivity contribution in [2.45, 2.75) is 51.3 Å². The Morgan fingerprint density at radius 3 is 2.50 bits per heavy atom. The highest BCUT2D eigenvalue weighted by Crippen LogP contribution is 2.36. The Kier molecular flexibility index (Phi) is 6.25. The molecule has 3 aromatic rings. The SMILES string of the molecule is Cc1cc2c(cnn2-c2ccc(F)cc2)cc1[C@H]1CN(S(=O)(=O)C2CCC2)CCN1CC(C)C. The van der Waals surface area contributed by atoms with Crippen LogP contribution in [0.4, 0.5) is 4.39 Å². The summed E-state index contributed by atoms with van der Waals surface area (Å²) >= 11 is 0. The van der Waals surface area contributed by atoms with E-state index in [0.717, 1.165) is 60.1 Å². The third-order valence-electron chi connectivity index (χ3n) is 7.27. The Labute approximate surface area is 201 Å². The summed E-state index contributed by atoms with van der Waals surface area (Å²) in [7, 11) is -3.25. The van der Waals surface area contributed by atoms with Crippen molar-refractivity contribution in [2.75, 3.05) is 26.2 Å². The van der Waals surface area contributed by atoms with Crippen LogP contribution in [0.3, 0.4) is 0 Å². The molecule has 182 valence electrons. The summed E-state index contributed by atoms with van der Waals surface area (Å²) in [6.07, 6.45) is 4.41. The van der Waals surface area contributed by atoms with Crippen LogP contribution >= 0.6 is 0 Å². The summed E-state index contributed by atoms with van der Waals surface area (Å²) in [5, 5.41) is 5.35. The van der Waals surface area contributed by atoms with E-state index in [0.29, 0.717) is 19.0 Å². The molecule has 2 heterocycles. The molecule has 1 aromatic heterocycles. The van der Waals surface area contributed by atoms with Gasteiger partial charge >= 0.3 is 0 Å². The van der Waals surface area contributed by atoms with Crippen molar-refractivity contribution in [3.63, 3.8) is 0 Å². The van der Waals surface area contributed by atoms with Gasteiger partial charge in [0.05, 0.1) is 22.7 Å². The van der Waals surface area contributed by atoms with Gasteiger partial charge in [-0.25, -0.2) is 17.5 Å². The van der Waals surface area contributed by atoms with Gasteiger partial charge in [0.2, 0.25) is 10.0 Å². The van der Waals surface area contributed by atoms with Crippen molar-refractivity contribution >= 4 is 20.9 Å². The zero-order valence-corrected chi connectivity index (χ0v) is 20.9. The molecule has 6 nitrogen and oxygen atoms in total. The Morgan fingerprint density at radius 2 is 1.85 bits per heavy atom. The summed E-state index contributed by atoms with van der Waals surface area (Å²) in [5.41, 5.74) is 4.02. The number of fused-ring (bicyclic) bond motifs is 1. The smallest absolute Gasteiger partial charge is 0.217 e. The highest BCUT2D eigenvalue weighted by Gasteiger charge is 2.40. The summed E-state index contributed by atoms with van der Waals surface area (Å²) in [5.74, 6) is 0.213. The first-order valence-electron chi connectivity index (χ1n) is 12.2. The van der Waals surface area contributed by atoms with Gasteiger partial charge in [-0.2, -0.15) is 9.40 Å². The van der Waals surface area contributed by atoms with Crippen molar-refractivity contribution in [3.05, 3.63) is 59.5 Å². The number of rotatable bonds is 6. The lowest BCUT2D eigenvalue weighted by Crippen LogP contribution is -2.54. The fraction of sp³-hybridized carbons (Fsp3) is 0.500. The molecular weight excluding hydrogens is 451 g/mol. The summed E-state index contributed by atoms with van der Waals surface area (Å²) in [6.45, 7) is 9.21. The van der Waals surface area contributed by atoms with Crippen molar-refractivity contribution in [1.29, 1.82) is 0 Å². The molecule has 0 amide bonds. The van der Waals surface area contributed by atoms with Crippen LogP contribution in [0.1, 0.15) is 50.3 Å². The van der Waals surface area contributed by atoms with Crippen LogP contribution in [-0.2, 0) is 10.0 Å². The first-order chi connectivity index (χ1) is 16.2. The van der Waals surface area contributed by atoms with E-state index in [1.807, 2.05) is 10.9 Å². The lowest BCUT2D eigenvalue weighted by Gasteiger charge is -2.44. The van der Waals surface area contributed by atoms with Gasteiger partial charge < -0.3 is 0 Å². The second-order valence-electron chi connectivity index (χ2n) is 10.2. The fourth-order valence-electron chi connectivity index (χ4n) is 5.23. The third kappa shape index (κ3) is 4.27. The van der Waals surface area contributed by atoms with Gasteiger partial charge in [0.1, 0.15) is 5.82 Å². The van der Waals surface area contributed by atoms with Crippen LogP contribution < -0.4 is 0 Å². The van der Waals surface area contributed by atoms with E-state index in [1.54, 1.807) is 16.4 Å². The third-order valence-corrected chi connectivity index (χ3v) is 9.64. The Bertz CT molecular complexity index is 1280. The van der Waals surface area contributed by atoms with Crippen molar-refractivity contribution in [2.24, 2.45) is 5.92 Å². The van der Waals surface area contributed by atoms with Gasteiger partial charge in [-0.1, -0.05) is 20.3 Å². The first kappa shape index (κ1) is 23.5. The van der Waals surface area contributed by atoms with E-state index in [-0.39, 0.29) is 17.1 Å². The van der Waals surface area contributed by atoms with Crippen LogP contribution in [0.2, 0.25) is 0 Å². The highest BCUT2D eigenvalue weighted by molar-refractivity contribution is 7.89. The molecule has 8 heteroatoms. The second kappa shape index (κ2) is 9.06. The number of benzene rings is 2. The van der Waals surface area contributed by atoms with Crippen LogP contribution in [0.25, 0.3) is 16.6 Å². The minimum atomic E-state index is -3.25. The van der Waals surface area contributed by atoms with E-state index < -0.39 is 10.0 Å². The van der Waals surface area contributed by atoms with Gasteiger partial charge in [0, 0.05) is 37.6 Å². The number of aromatic nitrogens is 2. The van der Waals surface area contributed by atoms with Crippen LogP contribution in [0, 0.1) is 18.7 Å². The highest BCUT2D eigenvalue weighted by atomic mass is 32.2. The number of nitrogens with zero attached hydrogens (tertiary/aromatic N) is 4. The number of sulfonamides is 1. The molecule has 1 atom stereocenters. The predicted molar refractivity (Wildman–Crippen MR) is 133 cm³/mol. The maximum Gasteiger partial charge on any atom is 0.217 e. The quantitative estimate of drug-likeness (QED) is 0.510. The molecule has 0 spiro atoms. The van der Waals surface area contributed by atoms with E-state index in [2.05, 4.69) is 42.9 Å². The number of aryl methyl sites for hydroxylation is 1. The van der Waals surface area contributed by atoms with Crippen LogP contribution in [-0.4, -0.2) is 58.8 Å². The monoisotopic (exact) mass is 484 g/mol. The topological polar surface area (TPSA) is 58.4 Å². The van der Waals surface area contributed by atoms with Gasteiger partial charge in [0.25, 0.3) is 0 Å². The normalized spacial score (nSPS) is 20.8. The average Bonchev–Trinajstić information content (AvgIpc) is 3.14. The molecule has 0 N–H and O–H groups in total. The van der Waals surface area contributed by atoms with Crippen molar-refractivity contribution < 1.29 is 12.8 Å². The maximum atomic E-state index is 13.4. The maximum absolute atomic E-state index is 13.4. The largest absolute Gasteiger partial charge is 0.293 e. The lowest BCUT2D eigenvalue weighted by molar-refractivity contribution is 0.104. The van der Waals surface area contributed by atoms with Gasteiger partial charge in [-0.15, -0.1) is 0 Å². The predicted octanol–water partition coefficient (Wildman–Crippen LogP) is 4.67. The molecular formula is C26H33FN4O2S. The Hall–Kier alpha value is -2.29. The zero-order chi connectivity index (χ0) is 24.0. The molecule has 2 aromatic carbocycles. The Morgan fingerprint density at radius 1 is 1.12 bits per heavy atom. The molecule has 1 aliphatic heterocycles. The molecule has 5 rings (SSSR count). The number of piperazine rings is 1. The molecule has 1 aliphatic carbocycles. The van der Waals surface area contributed by atoms with Gasteiger partial charge in [0.15, 0.2) is 0 Å². The minimum absolute atomic E-state index is 0.00423. The fourth-order valence-corrected chi connectivity index (χ4v) is 7.27. The molecule has 0 unspecified atom stereocenters. The van der Waals surface area contributed by atoms with Crippen molar-refractivity contribution in [1.82, 2.24) is 19.0 Å². The van der Waals surface area contributed by atoms with Crippen LogP contribution in [0.15, 0.2) is 42.6 Å². The molecule has 2 aliphatic rings. The number of halogens is 1. The van der Waals surface area contributed by atoms with Gasteiger partial charge in [-0.05, 0) is 73.2 Å².